The number of guanidine groups is 1. The molecule has 2 unspecified atom stereocenters. The maximum atomic E-state index is 13.4. The second kappa shape index (κ2) is 12.2. The van der Waals surface area contributed by atoms with Crippen molar-refractivity contribution in [2.24, 2.45) is 4.99 Å². The first kappa shape index (κ1) is 23.8. The third-order valence-corrected chi connectivity index (χ3v) is 5.19. The molecule has 3 rings (SSSR count). The van der Waals surface area contributed by atoms with E-state index in [2.05, 4.69) is 33.5 Å². The summed E-state index contributed by atoms with van der Waals surface area (Å²) in [5, 5.41) is 6.61. The minimum atomic E-state index is -0.302. The van der Waals surface area contributed by atoms with E-state index in [1.54, 1.807) is 12.1 Å². The fraction of sp³-hybridized carbons (Fsp3) is 0.500. The Balaban J connectivity index is 1.58. The van der Waals surface area contributed by atoms with Gasteiger partial charge in [0.05, 0.1) is 25.8 Å². The number of benzene rings is 1. The van der Waals surface area contributed by atoms with Gasteiger partial charge in [0.15, 0.2) is 5.96 Å². The molecule has 0 spiro atoms. The molecule has 2 heterocycles. The summed E-state index contributed by atoms with van der Waals surface area (Å²) < 4.78 is 25.0. The van der Waals surface area contributed by atoms with Crippen molar-refractivity contribution in [1.82, 2.24) is 15.6 Å². The molecule has 2 aromatic rings. The van der Waals surface area contributed by atoms with Crippen LogP contribution in [-0.2, 0) is 11.3 Å². The lowest BCUT2D eigenvalue weighted by Crippen LogP contribution is -2.42. The van der Waals surface area contributed by atoms with E-state index in [-0.39, 0.29) is 18.0 Å². The van der Waals surface area contributed by atoms with Crippen LogP contribution in [0.2, 0.25) is 0 Å². The highest BCUT2D eigenvalue weighted by atomic mass is 19.1. The number of nitrogens with zero attached hydrogens (tertiary/aromatic N) is 3. The van der Waals surface area contributed by atoms with E-state index in [0.717, 1.165) is 44.0 Å². The van der Waals surface area contributed by atoms with Crippen LogP contribution in [0, 0.1) is 5.82 Å². The first-order valence-corrected chi connectivity index (χ1v) is 11.3. The summed E-state index contributed by atoms with van der Waals surface area (Å²) in [6.45, 7) is 10.4. The van der Waals surface area contributed by atoms with Crippen LogP contribution in [-0.4, -0.2) is 55.9 Å². The van der Waals surface area contributed by atoms with Crippen molar-refractivity contribution >= 4 is 11.8 Å². The molecular weight excluding hydrogens is 409 g/mol. The predicted octanol–water partition coefficient (Wildman–Crippen LogP) is 3.36. The molecule has 1 aromatic carbocycles. The van der Waals surface area contributed by atoms with Gasteiger partial charge >= 0.3 is 0 Å². The zero-order valence-electron chi connectivity index (χ0n) is 19.2. The van der Waals surface area contributed by atoms with Crippen molar-refractivity contribution in [3.8, 4) is 5.75 Å². The lowest BCUT2D eigenvalue weighted by molar-refractivity contribution is 0.0529. The summed E-state index contributed by atoms with van der Waals surface area (Å²) in [5.41, 5.74) is 1.09. The van der Waals surface area contributed by atoms with Gasteiger partial charge in [-0.1, -0.05) is 13.0 Å². The number of halogens is 1. The molecule has 0 aliphatic carbocycles. The SMILES string of the molecule is CCNC(=NCc1ccnc(N2CCOC(C)C2)c1)NCC(CC)Oc1cccc(F)c1. The second-order valence-corrected chi connectivity index (χ2v) is 7.83. The summed E-state index contributed by atoms with van der Waals surface area (Å²) in [5.74, 6) is 1.90. The van der Waals surface area contributed by atoms with Crippen molar-refractivity contribution in [1.29, 1.82) is 0 Å². The van der Waals surface area contributed by atoms with E-state index < -0.39 is 0 Å². The van der Waals surface area contributed by atoms with Gasteiger partial charge in [0.1, 0.15) is 23.5 Å². The van der Waals surface area contributed by atoms with Crippen LogP contribution >= 0.6 is 0 Å². The van der Waals surface area contributed by atoms with Gasteiger partial charge in [-0.15, -0.1) is 0 Å². The van der Waals surface area contributed by atoms with E-state index in [9.17, 15) is 4.39 Å². The third-order valence-electron chi connectivity index (χ3n) is 5.19. The summed E-state index contributed by atoms with van der Waals surface area (Å²) in [6.07, 6.45) is 2.73. The van der Waals surface area contributed by atoms with E-state index in [0.29, 0.717) is 24.8 Å². The summed E-state index contributed by atoms with van der Waals surface area (Å²) in [6, 6.07) is 10.3. The molecule has 32 heavy (non-hydrogen) atoms. The number of nitrogens with one attached hydrogen (secondary N) is 2. The van der Waals surface area contributed by atoms with Gasteiger partial charge in [0, 0.05) is 31.9 Å². The number of rotatable bonds is 9. The molecule has 1 fully saturated rings. The van der Waals surface area contributed by atoms with Crippen LogP contribution < -0.4 is 20.3 Å². The van der Waals surface area contributed by atoms with Crippen molar-refractivity contribution < 1.29 is 13.9 Å². The van der Waals surface area contributed by atoms with Crippen LogP contribution in [0.25, 0.3) is 0 Å². The Bertz CT molecular complexity index is 879. The topological polar surface area (TPSA) is 71.0 Å². The van der Waals surface area contributed by atoms with Gasteiger partial charge in [0.25, 0.3) is 0 Å². The van der Waals surface area contributed by atoms with Crippen LogP contribution in [0.15, 0.2) is 47.6 Å². The first-order chi connectivity index (χ1) is 15.6. The Kier molecular flexibility index (Phi) is 9.10. The van der Waals surface area contributed by atoms with Crippen LogP contribution in [0.5, 0.6) is 5.75 Å². The fourth-order valence-corrected chi connectivity index (χ4v) is 3.48. The van der Waals surface area contributed by atoms with Crippen molar-refractivity contribution in [2.45, 2.75) is 45.9 Å². The average molecular weight is 444 g/mol. The monoisotopic (exact) mass is 443 g/mol. The van der Waals surface area contributed by atoms with Crippen molar-refractivity contribution in [3.05, 3.63) is 54.0 Å². The van der Waals surface area contributed by atoms with Crippen molar-refractivity contribution in [2.75, 3.05) is 37.7 Å². The molecule has 1 aromatic heterocycles. The molecule has 7 nitrogen and oxygen atoms in total. The molecule has 174 valence electrons. The van der Waals surface area contributed by atoms with Gasteiger partial charge in [-0.2, -0.15) is 0 Å². The Morgan fingerprint density at radius 2 is 2.19 bits per heavy atom. The largest absolute Gasteiger partial charge is 0.489 e. The molecule has 8 heteroatoms. The number of hydrogen-bond donors (Lipinski definition) is 2. The van der Waals surface area contributed by atoms with Crippen LogP contribution in [0.3, 0.4) is 0 Å². The summed E-state index contributed by atoms with van der Waals surface area (Å²) in [4.78, 5) is 11.5. The maximum absolute atomic E-state index is 13.4. The lowest BCUT2D eigenvalue weighted by atomic mass is 10.2. The van der Waals surface area contributed by atoms with Gasteiger partial charge in [-0.05, 0) is 50.1 Å². The zero-order chi connectivity index (χ0) is 22.8. The Hall–Kier alpha value is -2.87. The summed E-state index contributed by atoms with van der Waals surface area (Å²) >= 11 is 0. The lowest BCUT2D eigenvalue weighted by Gasteiger charge is -2.32. The van der Waals surface area contributed by atoms with Gasteiger partial charge in [-0.25, -0.2) is 14.4 Å². The van der Waals surface area contributed by atoms with Gasteiger partial charge < -0.3 is 25.0 Å². The minimum absolute atomic E-state index is 0.100. The fourth-order valence-electron chi connectivity index (χ4n) is 3.48. The first-order valence-electron chi connectivity index (χ1n) is 11.3. The average Bonchev–Trinajstić information content (AvgIpc) is 2.80. The predicted molar refractivity (Wildman–Crippen MR) is 126 cm³/mol. The Morgan fingerprint density at radius 1 is 1.31 bits per heavy atom. The van der Waals surface area contributed by atoms with Crippen LogP contribution in [0.4, 0.5) is 10.2 Å². The molecule has 1 aliphatic rings. The smallest absolute Gasteiger partial charge is 0.191 e. The second-order valence-electron chi connectivity index (χ2n) is 7.83. The third kappa shape index (κ3) is 7.37. The molecular formula is C24H34FN5O2. The molecule has 2 N–H and O–H groups in total. The molecule has 0 radical (unpaired) electrons. The Morgan fingerprint density at radius 3 is 2.94 bits per heavy atom. The molecule has 0 saturated carbocycles. The number of morpholine rings is 1. The van der Waals surface area contributed by atoms with Gasteiger partial charge in [-0.3, -0.25) is 0 Å². The zero-order valence-corrected chi connectivity index (χ0v) is 19.2. The molecule has 0 amide bonds. The summed E-state index contributed by atoms with van der Waals surface area (Å²) in [7, 11) is 0. The number of anilines is 1. The van der Waals surface area contributed by atoms with E-state index in [1.807, 2.05) is 26.1 Å². The van der Waals surface area contributed by atoms with E-state index in [4.69, 9.17) is 14.5 Å². The normalized spacial score (nSPS) is 17.7. The van der Waals surface area contributed by atoms with E-state index in [1.165, 1.54) is 12.1 Å². The maximum Gasteiger partial charge on any atom is 0.191 e. The molecule has 1 saturated heterocycles. The quantitative estimate of drug-likeness (QED) is 0.458. The van der Waals surface area contributed by atoms with Crippen LogP contribution in [0.1, 0.15) is 32.8 Å². The minimum Gasteiger partial charge on any atom is -0.489 e. The molecule has 0 bridgehead atoms. The number of ether oxygens (including phenoxy) is 2. The Labute approximate surface area is 190 Å². The highest BCUT2D eigenvalue weighted by Crippen LogP contribution is 2.17. The number of hydrogen-bond acceptors (Lipinski definition) is 5. The highest BCUT2D eigenvalue weighted by molar-refractivity contribution is 5.79. The number of aliphatic imine (C=N–C) groups is 1. The molecule has 1 aliphatic heterocycles. The standard InChI is InChI=1S/C24H34FN5O2/c1-4-21(32-22-8-6-7-20(25)14-22)16-29-24(26-5-2)28-15-19-9-10-27-23(13-19)30-11-12-31-18(3)17-30/h6-10,13-14,18,21H,4-5,11-12,15-17H2,1-3H3,(H2,26,28,29). The number of aromatic nitrogens is 1. The molecule has 2 atom stereocenters. The number of pyridine rings is 1. The van der Waals surface area contributed by atoms with Gasteiger partial charge in [0.2, 0.25) is 0 Å². The highest BCUT2D eigenvalue weighted by Gasteiger charge is 2.18. The van der Waals surface area contributed by atoms with E-state index >= 15 is 0 Å². The van der Waals surface area contributed by atoms with Crippen molar-refractivity contribution in [3.63, 3.8) is 0 Å².